The highest BCUT2D eigenvalue weighted by molar-refractivity contribution is 5.80. The maximum atomic E-state index is 12.7. The fourth-order valence-electron chi connectivity index (χ4n) is 3.48. The molecule has 5 heteroatoms. The topological polar surface area (TPSA) is 55.6 Å². The number of carbonyl (C=O) groups excluding carboxylic acids is 1. The van der Waals surface area contributed by atoms with E-state index in [0.717, 1.165) is 23.2 Å². The van der Waals surface area contributed by atoms with Crippen molar-refractivity contribution in [1.82, 2.24) is 9.88 Å². The molecule has 2 aromatic rings. The van der Waals surface area contributed by atoms with E-state index < -0.39 is 0 Å². The van der Waals surface area contributed by atoms with Gasteiger partial charge in [0, 0.05) is 12.2 Å². The number of fused-ring (bicyclic) bond motifs is 1. The summed E-state index contributed by atoms with van der Waals surface area (Å²) in [6.07, 6.45) is 5.27. The number of hydrogen-bond acceptors (Lipinski definition) is 4. The first-order valence-electron chi connectivity index (χ1n) is 8.98. The molecule has 0 spiro atoms. The molecule has 1 aromatic heterocycles. The van der Waals surface area contributed by atoms with E-state index in [2.05, 4.69) is 37.9 Å². The first kappa shape index (κ1) is 18.2. The van der Waals surface area contributed by atoms with E-state index in [1.54, 1.807) is 4.90 Å². The fourth-order valence-corrected chi connectivity index (χ4v) is 3.48. The molecule has 0 unspecified atom stereocenters. The molecule has 0 N–H and O–H groups in total. The van der Waals surface area contributed by atoms with Gasteiger partial charge >= 0.3 is 6.08 Å². The van der Waals surface area contributed by atoms with Crippen LogP contribution in [0.1, 0.15) is 39.7 Å². The minimum atomic E-state index is -0.0970. The van der Waals surface area contributed by atoms with Crippen molar-refractivity contribution in [3.63, 3.8) is 0 Å². The van der Waals surface area contributed by atoms with E-state index in [9.17, 15) is 4.79 Å². The van der Waals surface area contributed by atoms with Crippen molar-refractivity contribution in [3.8, 4) is 6.08 Å². The summed E-state index contributed by atoms with van der Waals surface area (Å²) >= 11 is 0. The van der Waals surface area contributed by atoms with Crippen LogP contribution in [0.3, 0.4) is 0 Å². The number of ether oxygens (including phenoxy) is 1. The molecule has 1 aliphatic rings. The molecular weight excluding hydrogens is 328 g/mol. The minimum absolute atomic E-state index is 0.0425. The van der Waals surface area contributed by atoms with Gasteiger partial charge in [-0.15, -0.1) is 0 Å². The maximum absolute atomic E-state index is 12.7. The summed E-state index contributed by atoms with van der Waals surface area (Å²) in [5.74, 6) is -0.0947. The Morgan fingerprint density at radius 3 is 2.81 bits per heavy atom. The summed E-state index contributed by atoms with van der Waals surface area (Å²) in [4.78, 5) is 18.8. The van der Waals surface area contributed by atoms with Gasteiger partial charge in [0.25, 0.3) is 5.91 Å². The molecule has 5 nitrogen and oxygen atoms in total. The Kier molecular flexibility index (Phi) is 4.90. The normalized spacial score (nSPS) is 16.2. The lowest BCUT2D eigenvalue weighted by Gasteiger charge is -2.33. The van der Waals surface area contributed by atoms with Crippen molar-refractivity contribution in [2.75, 3.05) is 13.2 Å². The Hall–Kier alpha value is -2.56. The van der Waals surface area contributed by atoms with Crippen molar-refractivity contribution >= 4 is 17.0 Å². The molecule has 0 saturated heterocycles. The number of benzene rings is 1. The summed E-state index contributed by atoms with van der Waals surface area (Å²) in [7, 11) is 0. The molecule has 0 aliphatic heterocycles. The van der Waals surface area contributed by atoms with Gasteiger partial charge < -0.3 is 14.1 Å². The van der Waals surface area contributed by atoms with Crippen LogP contribution in [0.5, 0.6) is 6.08 Å². The van der Waals surface area contributed by atoms with Crippen molar-refractivity contribution < 1.29 is 13.9 Å². The van der Waals surface area contributed by atoms with Crippen LogP contribution in [-0.4, -0.2) is 28.9 Å². The lowest BCUT2D eigenvalue weighted by atomic mass is 9.81. The number of oxazole rings is 1. The predicted molar refractivity (Wildman–Crippen MR) is 102 cm³/mol. The quantitative estimate of drug-likeness (QED) is 0.786. The number of nitrogens with zero attached hydrogens (tertiary/aromatic N) is 2. The maximum Gasteiger partial charge on any atom is 0.395 e. The molecule has 0 radical (unpaired) electrons. The number of carbonyl (C=O) groups is 1. The number of rotatable bonds is 5. The number of hydrogen-bond donors (Lipinski definition) is 0. The number of likely N-dealkylation sites (N-methyl/N-ethyl adjacent to an activating group) is 1. The molecule has 138 valence electrons. The first-order valence-corrected chi connectivity index (χ1v) is 8.98. The third-order valence-electron chi connectivity index (χ3n) is 4.46. The van der Waals surface area contributed by atoms with E-state index in [1.165, 1.54) is 5.57 Å². The second-order valence-electron chi connectivity index (χ2n) is 7.57. The third-order valence-corrected chi connectivity index (χ3v) is 4.46. The number of allylic oxidation sites excluding steroid dienone is 4. The van der Waals surface area contributed by atoms with Crippen LogP contribution in [0.15, 0.2) is 46.0 Å². The standard InChI is InChI=1S/C21H26N2O3/c1-6-23(16-9-15(3)11-21(4,5)12-16)19(24)13-25-20-22-17-10-14(2)7-8-18(17)26-20/h7-11H,6,12-13H2,1-5H3. The van der Waals surface area contributed by atoms with Crippen LogP contribution in [0.25, 0.3) is 11.1 Å². The van der Waals surface area contributed by atoms with Crippen molar-refractivity contribution in [2.45, 2.75) is 41.0 Å². The van der Waals surface area contributed by atoms with Gasteiger partial charge in [-0.1, -0.05) is 31.6 Å². The second kappa shape index (κ2) is 6.98. The van der Waals surface area contributed by atoms with Gasteiger partial charge in [0.15, 0.2) is 12.2 Å². The summed E-state index contributed by atoms with van der Waals surface area (Å²) in [5.41, 5.74) is 4.74. The zero-order chi connectivity index (χ0) is 18.9. The Balaban J connectivity index is 1.70. The average Bonchev–Trinajstić information content (AvgIpc) is 2.93. The smallest absolute Gasteiger partial charge is 0.395 e. The first-order chi connectivity index (χ1) is 12.3. The largest absolute Gasteiger partial charge is 0.440 e. The lowest BCUT2D eigenvalue weighted by molar-refractivity contribution is -0.131. The Bertz CT molecular complexity index is 890. The third kappa shape index (κ3) is 3.98. The highest BCUT2D eigenvalue weighted by Crippen LogP contribution is 2.34. The van der Waals surface area contributed by atoms with E-state index in [1.807, 2.05) is 32.0 Å². The van der Waals surface area contributed by atoms with Crippen LogP contribution in [0, 0.1) is 12.3 Å². The fraction of sp³-hybridized carbons (Fsp3) is 0.429. The molecule has 0 atom stereocenters. The summed E-state index contributed by atoms with van der Waals surface area (Å²) in [6.45, 7) is 10.9. The van der Waals surface area contributed by atoms with Crippen LogP contribution in [0.2, 0.25) is 0 Å². The zero-order valence-corrected chi connectivity index (χ0v) is 16.1. The molecule has 0 bridgehead atoms. The van der Waals surface area contributed by atoms with Crippen molar-refractivity contribution in [1.29, 1.82) is 0 Å². The van der Waals surface area contributed by atoms with E-state index in [4.69, 9.17) is 9.15 Å². The van der Waals surface area contributed by atoms with Gasteiger partial charge in [-0.25, -0.2) is 0 Å². The Labute approximate surface area is 154 Å². The van der Waals surface area contributed by atoms with Gasteiger partial charge in [0.2, 0.25) is 0 Å². The second-order valence-corrected chi connectivity index (χ2v) is 7.57. The molecule has 1 amide bonds. The highest BCUT2D eigenvalue weighted by atomic mass is 16.6. The molecule has 3 rings (SSSR count). The molecular formula is C21H26N2O3. The van der Waals surface area contributed by atoms with Crippen molar-refractivity contribution in [2.24, 2.45) is 5.41 Å². The van der Waals surface area contributed by atoms with Crippen LogP contribution in [-0.2, 0) is 4.79 Å². The SMILES string of the molecule is CCN(C(=O)COc1nc2cc(C)ccc2o1)C1=CC(C)=CC(C)(C)C1. The highest BCUT2D eigenvalue weighted by Gasteiger charge is 2.26. The minimum Gasteiger partial charge on any atom is -0.440 e. The lowest BCUT2D eigenvalue weighted by Crippen LogP contribution is -2.36. The van der Waals surface area contributed by atoms with Crippen molar-refractivity contribution in [3.05, 3.63) is 47.2 Å². The van der Waals surface area contributed by atoms with Crippen LogP contribution < -0.4 is 4.74 Å². The number of aryl methyl sites for hydroxylation is 1. The molecule has 0 saturated carbocycles. The predicted octanol–water partition coefficient (Wildman–Crippen LogP) is 4.62. The van der Waals surface area contributed by atoms with Gasteiger partial charge in [-0.3, -0.25) is 4.79 Å². The van der Waals surface area contributed by atoms with Gasteiger partial charge in [0.05, 0.1) is 0 Å². The zero-order valence-electron chi connectivity index (χ0n) is 16.1. The number of amides is 1. The average molecular weight is 354 g/mol. The van der Waals surface area contributed by atoms with E-state index >= 15 is 0 Å². The molecule has 0 fully saturated rings. The van der Waals surface area contributed by atoms with Gasteiger partial charge in [0.1, 0.15) is 5.52 Å². The molecule has 1 heterocycles. The Morgan fingerprint density at radius 2 is 2.12 bits per heavy atom. The summed E-state index contributed by atoms with van der Waals surface area (Å²) < 4.78 is 11.1. The summed E-state index contributed by atoms with van der Waals surface area (Å²) in [6, 6.07) is 5.74. The Morgan fingerprint density at radius 1 is 1.35 bits per heavy atom. The molecule has 26 heavy (non-hydrogen) atoms. The molecule has 1 aromatic carbocycles. The van der Waals surface area contributed by atoms with Crippen LogP contribution >= 0.6 is 0 Å². The molecule has 1 aliphatic carbocycles. The van der Waals surface area contributed by atoms with Gasteiger partial charge in [-0.05, 0) is 56.4 Å². The van der Waals surface area contributed by atoms with E-state index in [0.29, 0.717) is 12.1 Å². The monoisotopic (exact) mass is 354 g/mol. The van der Waals surface area contributed by atoms with E-state index in [-0.39, 0.29) is 24.0 Å². The van der Waals surface area contributed by atoms with Crippen LogP contribution in [0.4, 0.5) is 0 Å². The summed E-state index contributed by atoms with van der Waals surface area (Å²) in [5, 5.41) is 0. The number of aromatic nitrogens is 1. The van der Waals surface area contributed by atoms with Gasteiger partial charge in [-0.2, -0.15) is 4.98 Å².